The summed E-state index contributed by atoms with van der Waals surface area (Å²) in [6.07, 6.45) is 10.3. The number of hydrogen-bond acceptors (Lipinski definition) is 8. The Bertz CT molecular complexity index is 804. The minimum Gasteiger partial charge on any atom is -0.359 e. The summed E-state index contributed by atoms with van der Waals surface area (Å²) in [4.78, 5) is 23.8. The van der Waals surface area contributed by atoms with E-state index >= 15 is 0 Å². The number of anilines is 3. The highest BCUT2D eigenvalue weighted by Crippen LogP contribution is 2.57. The maximum Gasteiger partial charge on any atom is 0.353 e. The lowest BCUT2D eigenvalue weighted by atomic mass is 9.53. The van der Waals surface area contributed by atoms with Gasteiger partial charge in [0, 0.05) is 17.1 Å². The van der Waals surface area contributed by atoms with Crippen molar-refractivity contribution in [3.8, 4) is 0 Å². The van der Waals surface area contributed by atoms with E-state index in [0.717, 1.165) is 37.0 Å². The summed E-state index contributed by atoms with van der Waals surface area (Å²) in [7, 11) is 0. The molecule has 4 saturated carbocycles. The Morgan fingerprint density at radius 3 is 2.31 bits per heavy atom. The third-order valence-electron chi connectivity index (χ3n) is 6.08. The van der Waals surface area contributed by atoms with Gasteiger partial charge in [-0.3, -0.25) is 10.1 Å². The zero-order chi connectivity index (χ0) is 17.7. The Kier molecular flexibility index (Phi) is 3.59. The monoisotopic (exact) mass is 372 g/mol. The van der Waals surface area contributed by atoms with Gasteiger partial charge in [-0.05, 0) is 56.3 Å². The molecule has 0 aromatic carbocycles. The molecular formula is C17H20N6O2S. The summed E-state index contributed by atoms with van der Waals surface area (Å²) in [6.45, 7) is 0. The van der Waals surface area contributed by atoms with E-state index in [9.17, 15) is 10.1 Å². The molecule has 4 fully saturated rings. The molecule has 136 valence electrons. The number of rotatable bonds is 5. The quantitative estimate of drug-likeness (QED) is 0.604. The lowest BCUT2D eigenvalue weighted by molar-refractivity contribution is -0.383. The summed E-state index contributed by atoms with van der Waals surface area (Å²) in [5.74, 6) is 2.77. The SMILES string of the molecule is O=[N+]([O-])c1c(Nc2nccs2)ncnc1NC12CC3CC(CC(C3)C1)C2. The van der Waals surface area contributed by atoms with Crippen LogP contribution in [0.15, 0.2) is 17.9 Å². The minimum absolute atomic E-state index is 0.0493. The molecule has 0 amide bonds. The summed E-state index contributed by atoms with van der Waals surface area (Å²) in [5.41, 5.74) is -0.148. The fourth-order valence-electron chi connectivity index (χ4n) is 5.64. The molecule has 0 radical (unpaired) electrons. The van der Waals surface area contributed by atoms with Gasteiger partial charge < -0.3 is 10.6 Å². The molecule has 0 unspecified atom stereocenters. The van der Waals surface area contributed by atoms with Crippen LogP contribution in [0.1, 0.15) is 38.5 Å². The van der Waals surface area contributed by atoms with Crippen LogP contribution in [0.4, 0.5) is 22.5 Å². The van der Waals surface area contributed by atoms with E-state index in [-0.39, 0.29) is 17.0 Å². The molecular weight excluding hydrogens is 352 g/mol. The fourth-order valence-corrected chi connectivity index (χ4v) is 6.16. The normalized spacial score (nSPS) is 31.8. The third kappa shape index (κ3) is 2.70. The van der Waals surface area contributed by atoms with Crippen molar-refractivity contribution < 1.29 is 4.92 Å². The van der Waals surface area contributed by atoms with Gasteiger partial charge in [-0.1, -0.05) is 0 Å². The molecule has 0 atom stereocenters. The van der Waals surface area contributed by atoms with E-state index in [1.165, 1.54) is 36.9 Å². The lowest BCUT2D eigenvalue weighted by Gasteiger charge is -2.57. The van der Waals surface area contributed by atoms with Crippen molar-refractivity contribution in [3.63, 3.8) is 0 Å². The molecule has 0 aliphatic heterocycles. The summed E-state index contributed by atoms with van der Waals surface area (Å²) < 4.78 is 0. The van der Waals surface area contributed by atoms with Crippen LogP contribution in [0.3, 0.4) is 0 Å². The van der Waals surface area contributed by atoms with E-state index in [2.05, 4.69) is 25.6 Å². The average Bonchev–Trinajstić information content (AvgIpc) is 3.06. The van der Waals surface area contributed by atoms with Crippen LogP contribution < -0.4 is 10.6 Å². The van der Waals surface area contributed by atoms with Gasteiger partial charge in [0.25, 0.3) is 0 Å². The van der Waals surface area contributed by atoms with Crippen molar-refractivity contribution in [3.05, 3.63) is 28.0 Å². The molecule has 4 aliphatic rings. The summed E-state index contributed by atoms with van der Waals surface area (Å²) in [6, 6.07) is 0. The van der Waals surface area contributed by atoms with Crippen molar-refractivity contribution in [2.75, 3.05) is 10.6 Å². The molecule has 6 rings (SSSR count). The third-order valence-corrected chi connectivity index (χ3v) is 6.77. The predicted octanol–water partition coefficient (Wildman–Crippen LogP) is 3.97. The summed E-state index contributed by atoms with van der Waals surface area (Å²) in [5, 5.41) is 20.6. The Morgan fingerprint density at radius 2 is 1.73 bits per heavy atom. The van der Waals surface area contributed by atoms with Crippen molar-refractivity contribution in [2.45, 2.75) is 44.1 Å². The molecule has 2 heterocycles. The van der Waals surface area contributed by atoms with E-state index in [4.69, 9.17) is 0 Å². The first-order chi connectivity index (χ1) is 12.6. The van der Waals surface area contributed by atoms with Crippen molar-refractivity contribution in [1.29, 1.82) is 0 Å². The van der Waals surface area contributed by atoms with Crippen molar-refractivity contribution in [1.82, 2.24) is 15.0 Å². The summed E-state index contributed by atoms with van der Waals surface area (Å²) >= 11 is 1.37. The smallest absolute Gasteiger partial charge is 0.353 e. The molecule has 2 aromatic rings. The Labute approximate surface area is 154 Å². The highest BCUT2D eigenvalue weighted by Gasteiger charge is 2.51. The van der Waals surface area contributed by atoms with Gasteiger partial charge in [0.05, 0.1) is 4.92 Å². The van der Waals surface area contributed by atoms with Crippen LogP contribution in [0.25, 0.3) is 0 Å². The van der Waals surface area contributed by atoms with Crippen LogP contribution in [0.2, 0.25) is 0 Å². The van der Waals surface area contributed by atoms with Gasteiger partial charge in [0.2, 0.25) is 11.6 Å². The number of nitrogens with zero attached hydrogens (tertiary/aromatic N) is 4. The minimum atomic E-state index is -0.404. The molecule has 4 aliphatic carbocycles. The number of hydrogen-bond donors (Lipinski definition) is 2. The Balaban J connectivity index is 1.48. The first-order valence-electron chi connectivity index (χ1n) is 9.04. The van der Waals surface area contributed by atoms with Gasteiger partial charge in [0.15, 0.2) is 5.13 Å². The van der Waals surface area contributed by atoms with E-state index in [1.807, 2.05) is 5.38 Å². The number of aromatic nitrogens is 3. The van der Waals surface area contributed by atoms with Crippen LogP contribution in [-0.2, 0) is 0 Å². The van der Waals surface area contributed by atoms with Crippen LogP contribution in [-0.4, -0.2) is 25.4 Å². The van der Waals surface area contributed by atoms with E-state index in [1.54, 1.807) is 6.20 Å². The Morgan fingerprint density at radius 1 is 1.08 bits per heavy atom. The van der Waals surface area contributed by atoms with E-state index < -0.39 is 4.92 Å². The molecule has 4 bridgehead atoms. The van der Waals surface area contributed by atoms with Gasteiger partial charge in [-0.2, -0.15) is 0 Å². The zero-order valence-electron chi connectivity index (χ0n) is 14.2. The second-order valence-electron chi connectivity index (χ2n) is 7.96. The van der Waals surface area contributed by atoms with E-state index in [0.29, 0.717) is 10.9 Å². The second-order valence-corrected chi connectivity index (χ2v) is 8.86. The van der Waals surface area contributed by atoms with Crippen LogP contribution in [0, 0.1) is 27.9 Å². The van der Waals surface area contributed by atoms with Gasteiger partial charge >= 0.3 is 5.69 Å². The molecule has 2 aromatic heterocycles. The maximum absolute atomic E-state index is 11.8. The molecule has 2 N–H and O–H groups in total. The van der Waals surface area contributed by atoms with Gasteiger partial charge in [-0.15, -0.1) is 11.3 Å². The molecule has 9 heteroatoms. The first kappa shape index (κ1) is 15.9. The maximum atomic E-state index is 11.8. The van der Waals surface area contributed by atoms with Gasteiger partial charge in [-0.25, -0.2) is 15.0 Å². The lowest BCUT2D eigenvalue weighted by Crippen LogP contribution is -2.55. The highest BCUT2D eigenvalue weighted by molar-refractivity contribution is 7.13. The number of nitro groups is 1. The zero-order valence-corrected chi connectivity index (χ0v) is 15.0. The predicted molar refractivity (Wildman–Crippen MR) is 98.6 cm³/mol. The molecule has 26 heavy (non-hydrogen) atoms. The topological polar surface area (TPSA) is 106 Å². The van der Waals surface area contributed by atoms with Crippen LogP contribution in [0.5, 0.6) is 0 Å². The standard InChI is InChI=1S/C17H20N6O2S/c24-23(25)13-14(21-16-18-1-2-26-16)19-9-20-15(13)22-17-6-10-3-11(7-17)5-12(4-10)8-17/h1-2,9-12H,3-8H2,(H2,18,19,20,21,22). The van der Waals surface area contributed by atoms with Crippen LogP contribution >= 0.6 is 11.3 Å². The van der Waals surface area contributed by atoms with Crippen molar-refractivity contribution in [2.24, 2.45) is 17.8 Å². The molecule has 0 saturated heterocycles. The second kappa shape index (κ2) is 5.87. The van der Waals surface area contributed by atoms with Crippen molar-refractivity contribution >= 4 is 33.8 Å². The largest absolute Gasteiger partial charge is 0.359 e. The fraction of sp³-hybridized carbons (Fsp3) is 0.588. The molecule has 8 nitrogen and oxygen atoms in total. The number of thiazole rings is 1. The number of nitrogens with one attached hydrogen (secondary N) is 2. The Hall–Kier alpha value is -2.29. The highest BCUT2D eigenvalue weighted by atomic mass is 32.1. The van der Waals surface area contributed by atoms with Gasteiger partial charge in [0.1, 0.15) is 6.33 Å². The molecule has 0 spiro atoms. The average molecular weight is 372 g/mol. The first-order valence-corrected chi connectivity index (χ1v) is 9.92.